The standard InChI is InChI=1S/C14H15FN2O/c1-10-3-2-4-12(17-10)9-18-13-6-5-11(8-16)14(15)7-13/h2-7H,8-9,16H2,1H3. The molecule has 0 amide bonds. The number of ether oxygens (including phenoxy) is 1. The second-order valence-corrected chi connectivity index (χ2v) is 4.02. The Kier molecular flexibility index (Phi) is 3.89. The maximum absolute atomic E-state index is 13.5. The third kappa shape index (κ3) is 3.05. The van der Waals surface area contributed by atoms with E-state index in [-0.39, 0.29) is 12.4 Å². The zero-order valence-electron chi connectivity index (χ0n) is 10.2. The van der Waals surface area contributed by atoms with E-state index in [1.54, 1.807) is 12.1 Å². The van der Waals surface area contributed by atoms with Gasteiger partial charge in [-0.2, -0.15) is 0 Å². The number of hydrogen-bond donors (Lipinski definition) is 1. The van der Waals surface area contributed by atoms with Crippen LogP contribution < -0.4 is 10.5 Å². The predicted octanol–water partition coefficient (Wildman–Crippen LogP) is 2.57. The lowest BCUT2D eigenvalue weighted by atomic mass is 10.2. The summed E-state index contributed by atoms with van der Waals surface area (Å²) in [5, 5.41) is 0. The van der Waals surface area contributed by atoms with Gasteiger partial charge in [0.25, 0.3) is 0 Å². The highest BCUT2D eigenvalue weighted by Crippen LogP contribution is 2.17. The molecule has 1 heterocycles. The van der Waals surface area contributed by atoms with Crippen molar-refractivity contribution in [2.45, 2.75) is 20.1 Å². The number of rotatable bonds is 4. The molecule has 0 aliphatic heterocycles. The van der Waals surface area contributed by atoms with Crippen LogP contribution in [0.1, 0.15) is 17.0 Å². The number of halogens is 1. The van der Waals surface area contributed by atoms with Crippen molar-refractivity contribution in [3.8, 4) is 5.75 Å². The topological polar surface area (TPSA) is 48.1 Å². The van der Waals surface area contributed by atoms with E-state index in [1.807, 2.05) is 25.1 Å². The van der Waals surface area contributed by atoms with Crippen LogP contribution in [-0.4, -0.2) is 4.98 Å². The van der Waals surface area contributed by atoms with Crippen LogP contribution >= 0.6 is 0 Å². The van der Waals surface area contributed by atoms with Crippen LogP contribution in [-0.2, 0) is 13.2 Å². The van der Waals surface area contributed by atoms with Gasteiger partial charge in [-0.1, -0.05) is 12.1 Å². The molecular weight excluding hydrogens is 231 g/mol. The van der Waals surface area contributed by atoms with Crippen molar-refractivity contribution in [2.24, 2.45) is 5.73 Å². The fourth-order valence-electron chi connectivity index (χ4n) is 1.62. The van der Waals surface area contributed by atoms with Gasteiger partial charge in [-0.25, -0.2) is 4.39 Å². The Labute approximate surface area is 105 Å². The van der Waals surface area contributed by atoms with Crippen molar-refractivity contribution >= 4 is 0 Å². The molecule has 0 radical (unpaired) electrons. The van der Waals surface area contributed by atoms with Crippen molar-refractivity contribution in [2.75, 3.05) is 0 Å². The number of pyridine rings is 1. The molecule has 2 rings (SSSR count). The molecule has 0 saturated carbocycles. The van der Waals surface area contributed by atoms with E-state index in [1.165, 1.54) is 6.07 Å². The molecule has 1 aromatic carbocycles. The molecule has 4 heteroatoms. The summed E-state index contributed by atoms with van der Waals surface area (Å²) in [5.74, 6) is 0.139. The first-order chi connectivity index (χ1) is 8.69. The Morgan fingerprint density at radius 2 is 2.11 bits per heavy atom. The fraction of sp³-hybridized carbons (Fsp3) is 0.214. The second kappa shape index (κ2) is 5.60. The Morgan fingerprint density at radius 3 is 2.78 bits per heavy atom. The highest BCUT2D eigenvalue weighted by molar-refractivity contribution is 5.29. The van der Waals surface area contributed by atoms with Gasteiger partial charge in [-0.05, 0) is 25.1 Å². The van der Waals surface area contributed by atoms with Crippen molar-refractivity contribution in [1.29, 1.82) is 0 Å². The summed E-state index contributed by atoms with van der Waals surface area (Å²) in [6.45, 7) is 2.42. The zero-order valence-corrected chi connectivity index (χ0v) is 10.2. The molecule has 94 valence electrons. The van der Waals surface area contributed by atoms with Crippen molar-refractivity contribution < 1.29 is 9.13 Å². The molecule has 0 saturated heterocycles. The van der Waals surface area contributed by atoms with Crippen molar-refractivity contribution in [3.05, 3.63) is 59.2 Å². The first-order valence-electron chi connectivity index (χ1n) is 5.73. The summed E-state index contributed by atoms with van der Waals surface area (Å²) in [4.78, 5) is 4.31. The van der Waals surface area contributed by atoms with Gasteiger partial charge in [-0.3, -0.25) is 4.98 Å². The van der Waals surface area contributed by atoms with E-state index in [2.05, 4.69) is 4.98 Å². The molecule has 0 spiro atoms. The SMILES string of the molecule is Cc1cccc(COc2ccc(CN)c(F)c2)n1. The Bertz CT molecular complexity index is 543. The van der Waals surface area contributed by atoms with Gasteiger partial charge in [0, 0.05) is 23.9 Å². The van der Waals surface area contributed by atoms with Crippen LogP contribution in [0.5, 0.6) is 5.75 Å². The molecule has 0 fully saturated rings. The summed E-state index contributed by atoms with van der Waals surface area (Å²) in [6, 6.07) is 10.4. The van der Waals surface area contributed by atoms with E-state index in [4.69, 9.17) is 10.5 Å². The molecule has 0 unspecified atom stereocenters. The molecule has 2 aromatic rings. The van der Waals surface area contributed by atoms with Crippen molar-refractivity contribution in [3.63, 3.8) is 0 Å². The average Bonchev–Trinajstić information content (AvgIpc) is 2.37. The van der Waals surface area contributed by atoms with Gasteiger partial charge in [0.2, 0.25) is 0 Å². The molecule has 18 heavy (non-hydrogen) atoms. The highest BCUT2D eigenvalue weighted by atomic mass is 19.1. The number of nitrogens with zero attached hydrogens (tertiary/aromatic N) is 1. The Morgan fingerprint density at radius 1 is 1.28 bits per heavy atom. The van der Waals surface area contributed by atoms with Gasteiger partial charge in [0.15, 0.2) is 0 Å². The summed E-state index contributed by atoms with van der Waals surface area (Å²) >= 11 is 0. The zero-order chi connectivity index (χ0) is 13.0. The number of aromatic nitrogens is 1. The summed E-state index contributed by atoms with van der Waals surface area (Å²) in [7, 11) is 0. The Balaban J connectivity index is 2.04. The lowest BCUT2D eigenvalue weighted by Crippen LogP contribution is -2.02. The van der Waals surface area contributed by atoms with Gasteiger partial charge in [0.05, 0.1) is 5.69 Å². The summed E-state index contributed by atoms with van der Waals surface area (Å²) < 4.78 is 18.9. The third-order valence-electron chi connectivity index (χ3n) is 2.58. The number of aryl methyl sites for hydroxylation is 1. The summed E-state index contributed by atoms with van der Waals surface area (Å²) in [6.07, 6.45) is 0. The quantitative estimate of drug-likeness (QED) is 0.902. The largest absolute Gasteiger partial charge is 0.487 e. The van der Waals surface area contributed by atoms with Gasteiger partial charge in [-0.15, -0.1) is 0 Å². The maximum Gasteiger partial charge on any atom is 0.131 e. The van der Waals surface area contributed by atoms with E-state index < -0.39 is 0 Å². The van der Waals surface area contributed by atoms with Crippen LogP contribution in [0.25, 0.3) is 0 Å². The minimum Gasteiger partial charge on any atom is -0.487 e. The first kappa shape index (κ1) is 12.5. The minimum absolute atomic E-state index is 0.186. The second-order valence-electron chi connectivity index (χ2n) is 4.02. The molecular formula is C14H15FN2O. The molecule has 0 bridgehead atoms. The van der Waals surface area contributed by atoms with Crippen LogP contribution in [0.15, 0.2) is 36.4 Å². The molecule has 0 aliphatic rings. The summed E-state index contributed by atoms with van der Waals surface area (Å²) in [5.41, 5.74) is 7.62. The highest BCUT2D eigenvalue weighted by Gasteiger charge is 2.03. The van der Waals surface area contributed by atoms with Gasteiger partial charge < -0.3 is 10.5 Å². The predicted molar refractivity (Wildman–Crippen MR) is 67.6 cm³/mol. The van der Waals surface area contributed by atoms with Crippen LogP contribution in [0.4, 0.5) is 4.39 Å². The lowest BCUT2D eigenvalue weighted by molar-refractivity contribution is 0.299. The monoisotopic (exact) mass is 246 g/mol. The number of benzene rings is 1. The van der Waals surface area contributed by atoms with Gasteiger partial charge >= 0.3 is 0 Å². The maximum atomic E-state index is 13.5. The molecule has 0 aliphatic carbocycles. The van der Waals surface area contributed by atoms with Crippen molar-refractivity contribution in [1.82, 2.24) is 4.98 Å². The number of nitrogens with two attached hydrogens (primary N) is 1. The third-order valence-corrected chi connectivity index (χ3v) is 2.58. The Hall–Kier alpha value is -1.94. The molecule has 2 N–H and O–H groups in total. The molecule has 0 atom stereocenters. The molecule has 3 nitrogen and oxygen atoms in total. The fourth-order valence-corrected chi connectivity index (χ4v) is 1.62. The first-order valence-corrected chi connectivity index (χ1v) is 5.73. The minimum atomic E-state index is -0.341. The van der Waals surface area contributed by atoms with E-state index in [9.17, 15) is 4.39 Å². The molecule has 1 aromatic heterocycles. The smallest absolute Gasteiger partial charge is 0.131 e. The van der Waals surface area contributed by atoms with E-state index >= 15 is 0 Å². The van der Waals surface area contributed by atoms with Crippen LogP contribution in [0.2, 0.25) is 0 Å². The number of hydrogen-bond acceptors (Lipinski definition) is 3. The van der Waals surface area contributed by atoms with E-state index in [0.717, 1.165) is 11.4 Å². The lowest BCUT2D eigenvalue weighted by Gasteiger charge is -2.07. The average molecular weight is 246 g/mol. The van der Waals surface area contributed by atoms with Gasteiger partial charge in [0.1, 0.15) is 18.2 Å². The normalized spacial score (nSPS) is 10.4. The van der Waals surface area contributed by atoms with E-state index in [0.29, 0.717) is 17.9 Å². The van der Waals surface area contributed by atoms with Crippen LogP contribution in [0.3, 0.4) is 0 Å². The van der Waals surface area contributed by atoms with Crippen LogP contribution in [0, 0.1) is 12.7 Å².